The Labute approximate surface area is 160 Å². The van der Waals surface area contributed by atoms with Crippen LogP contribution in [-0.2, 0) is 6.54 Å². The number of anilines is 2. The zero-order valence-electron chi connectivity index (χ0n) is 15.6. The van der Waals surface area contributed by atoms with Crippen molar-refractivity contribution in [3.8, 4) is 0 Å². The summed E-state index contributed by atoms with van der Waals surface area (Å²) in [7, 11) is 0. The summed E-state index contributed by atoms with van der Waals surface area (Å²) in [5.74, 6) is 0. The van der Waals surface area contributed by atoms with Crippen LogP contribution in [0.5, 0.6) is 0 Å². The molecule has 0 bridgehead atoms. The Morgan fingerprint density at radius 1 is 0.885 bits per heavy atom. The Morgan fingerprint density at radius 2 is 1.54 bits per heavy atom. The number of rotatable bonds is 4. The molecule has 0 amide bonds. The van der Waals surface area contributed by atoms with Crippen molar-refractivity contribution in [1.82, 2.24) is 9.78 Å². The van der Waals surface area contributed by atoms with E-state index in [0.717, 1.165) is 23.6 Å². The first-order valence-corrected chi connectivity index (χ1v) is 9.07. The number of hydrogen-bond acceptors (Lipinski definition) is 2. The summed E-state index contributed by atoms with van der Waals surface area (Å²) in [6.07, 6.45) is 0. The molecule has 3 rings (SSSR count). The van der Waals surface area contributed by atoms with Crippen LogP contribution in [0.25, 0.3) is 0 Å². The third-order valence-electron chi connectivity index (χ3n) is 4.41. The fraction of sp³-hybridized carbons (Fsp3) is 0.238. The molecule has 0 spiro atoms. The van der Waals surface area contributed by atoms with Gasteiger partial charge >= 0.3 is 0 Å². The Hall–Kier alpha value is -2.66. The average Bonchev–Trinajstić information content (AvgIpc) is 2.90. The number of thiocarbonyl (C=S) groups is 1. The van der Waals surface area contributed by atoms with Crippen molar-refractivity contribution in [2.75, 3.05) is 10.6 Å². The predicted octanol–water partition coefficient (Wildman–Crippen LogP) is 4.97. The lowest BCUT2D eigenvalue weighted by atomic mass is 10.1. The van der Waals surface area contributed by atoms with Crippen LogP contribution in [0.3, 0.4) is 0 Å². The van der Waals surface area contributed by atoms with Gasteiger partial charge in [0.1, 0.15) is 0 Å². The summed E-state index contributed by atoms with van der Waals surface area (Å²) in [4.78, 5) is 0. The van der Waals surface area contributed by atoms with Gasteiger partial charge in [0.05, 0.1) is 12.2 Å². The predicted molar refractivity (Wildman–Crippen MR) is 113 cm³/mol. The van der Waals surface area contributed by atoms with Gasteiger partial charge < -0.3 is 10.6 Å². The average molecular weight is 365 g/mol. The molecular weight excluding hydrogens is 340 g/mol. The van der Waals surface area contributed by atoms with Gasteiger partial charge in [-0.25, -0.2) is 0 Å². The summed E-state index contributed by atoms with van der Waals surface area (Å²) in [6.45, 7) is 9.06. The zero-order chi connectivity index (χ0) is 18.7. The monoisotopic (exact) mass is 364 g/mol. The topological polar surface area (TPSA) is 41.9 Å². The molecule has 0 radical (unpaired) electrons. The second kappa shape index (κ2) is 7.70. The maximum atomic E-state index is 5.42. The fourth-order valence-corrected chi connectivity index (χ4v) is 3.05. The van der Waals surface area contributed by atoms with Crippen LogP contribution in [0.2, 0.25) is 0 Å². The molecule has 0 aliphatic rings. The van der Waals surface area contributed by atoms with E-state index in [9.17, 15) is 0 Å². The summed E-state index contributed by atoms with van der Waals surface area (Å²) in [5, 5.41) is 11.5. The van der Waals surface area contributed by atoms with Gasteiger partial charge in [0.25, 0.3) is 0 Å². The largest absolute Gasteiger partial charge is 0.332 e. The standard InChI is InChI=1S/C21H24N4S/c1-14-5-8-20(11-15(14)2)23-21(26)22-19-9-6-18(7-10-19)13-25-17(4)12-16(3)24-25/h5-12H,13H2,1-4H3,(H2,22,23,26). The summed E-state index contributed by atoms with van der Waals surface area (Å²) < 4.78 is 2.02. The SMILES string of the molecule is Cc1cc(C)n(Cc2ccc(NC(=S)Nc3ccc(C)c(C)c3)cc2)n1. The van der Waals surface area contributed by atoms with Crippen LogP contribution in [0.4, 0.5) is 11.4 Å². The smallest absolute Gasteiger partial charge is 0.175 e. The second-order valence-corrected chi connectivity index (χ2v) is 7.07. The van der Waals surface area contributed by atoms with Crippen molar-refractivity contribution < 1.29 is 0 Å². The van der Waals surface area contributed by atoms with Gasteiger partial charge in [0.15, 0.2) is 5.11 Å². The molecule has 0 unspecified atom stereocenters. The Morgan fingerprint density at radius 3 is 2.15 bits per heavy atom. The number of aryl methyl sites for hydroxylation is 4. The lowest BCUT2D eigenvalue weighted by Crippen LogP contribution is -2.19. The number of nitrogens with zero attached hydrogens (tertiary/aromatic N) is 2. The molecule has 0 aliphatic heterocycles. The lowest BCUT2D eigenvalue weighted by molar-refractivity contribution is 0.659. The number of benzene rings is 2. The molecule has 4 nitrogen and oxygen atoms in total. The summed E-state index contributed by atoms with van der Waals surface area (Å²) in [6, 6.07) is 16.6. The van der Waals surface area contributed by atoms with Gasteiger partial charge in [-0.05, 0) is 86.9 Å². The van der Waals surface area contributed by atoms with E-state index in [-0.39, 0.29) is 0 Å². The molecule has 0 fully saturated rings. The Kier molecular flexibility index (Phi) is 5.38. The van der Waals surface area contributed by atoms with E-state index in [1.54, 1.807) is 0 Å². The minimum Gasteiger partial charge on any atom is -0.332 e. The van der Waals surface area contributed by atoms with Gasteiger partial charge in [-0.2, -0.15) is 5.10 Å². The minimum atomic E-state index is 0.583. The van der Waals surface area contributed by atoms with Crippen molar-refractivity contribution in [3.63, 3.8) is 0 Å². The maximum absolute atomic E-state index is 5.42. The van der Waals surface area contributed by atoms with Crippen LogP contribution in [0.15, 0.2) is 48.5 Å². The molecule has 26 heavy (non-hydrogen) atoms. The van der Waals surface area contributed by atoms with Crippen LogP contribution < -0.4 is 10.6 Å². The number of hydrogen-bond donors (Lipinski definition) is 2. The van der Waals surface area contributed by atoms with Crippen LogP contribution in [0, 0.1) is 27.7 Å². The lowest BCUT2D eigenvalue weighted by Gasteiger charge is -2.12. The molecule has 0 saturated heterocycles. The molecule has 0 atom stereocenters. The second-order valence-electron chi connectivity index (χ2n) is 6.66. The van der Waals surface area contributed by atoms with Crippen molar-refractivity contribution >= 4 is 28.7 Å². The molecule has 134 valence electrons. The van der Waals surface area contributed by atoms with E-state index in [2.05, 4.69) is 66.8 Å². The minimum absolute atomic E-state index is 0.583. The maximum Gasteiger partial charge on any atom is 0.175 e. The number of nitrogens with one attached hydrogen (secondary N) is 2. The summed E-state index contributed by atoms with van der Waals surface area (Å²) >= 11 is 5.42. The van der Waals surface area contributed by atoms with E-state index in [0.29, 0.717) is 5.11 Å². The Bertz CT molecular complexity index is 926. The summed E-state index contributed by atoms with van der Waals surface area (Å²) in [5.41, 5.74) is 7.89. The first-order valence-electron chi connectivity index (χ1n) is 8.66. The van der Waals surface area contributed by atoms with E-state index >= 15 is 0 Å². The van der Waals surface area contributed by atoms with Gasteiger partial charge in [0.2, 0.25) is 0 Å². The van der Waals surface area contributed by atoms with Crippen LogP contribution in [0.1, 0.15) is 28.1 Å². The first-order chi connectivity index (χ1) is 12.4. The van der Waals surface area contributed by atoms with Crippen molar-refractivity contribution in [2.45, 2.75) is 34.2 Å². The van der Waals surface area contributed by atoms with Crippen molar-refractivity contribution in [3.05, 3.63) is 76.6 Å². The van der Waals surface area contributed by atoms with Gasteiger partial charge in [-0.1, -0.05) is 18.2 Å². The molecule has 1 heterocycles. The normalized spacial score (nSPS) is 10.6. The highest BCUT2D eigenvalue weighted by Crippen LogP contribution is 2.16. The molecule has 5 heteroatoms. The number of aromatic nitrogens is 2. The fourth-order valence-electron chi connectivity index (χ4n) is 2.81. The molecule has 2 aromatic carbocycles. The quantitative estimate of drug-likeness (QED) is 0.641. The van der Waals surface area contributed by atoms with Crippen molar-refractivity contribution in [2.24, 2.45) is 0 Å². The van der Waals surface area contributed by atoms with E-state index in [4.69, 9.17) is 12.2 Å². The molecule has 2 N–H and O–H groups in total. The van der Waals surface area contributed by atoms with Crippen molar-refractivity contribution in [1.29, 1.82) is 0 Å². The highest BCUT2D eigenvalue weighted by molar-refractivity contribution is 7.80. The first kappa shape index (κ1) is 18.1. The molecule has 1 aromatic heterocycles. The third-order valence-corrected chi connectivity index (χ3v) is 4.62. The molecule has 0 aliphatic carbocycles. The van der Waals surface area contributed by atoms with Gasteiger partial charge in [-0.3, -0.25) is 4.68 Å². The zero-order valence-corrected chi connectivity index (χ0v) is 16.4. The molecule has 0 saturated carbocycles. The third kappa shape index (κ3) is 4.49. The highest BCUT2D eigenvalue weighted by Gasteiger charge is 2.04. The van der Waals surface area contributed by atoms with Gasteiger partial charge in [-0.15, -0.1) is 0 Å². The van der Waals surface area contributed by atoms with Crippen LogP contribution >= 0.6 is 12.2 Å². The van der Waals surface area contributed by atoms with Crippen LogP contribution in [-0.4, -0.2) is 14.9 Å². The van der Waals surface area contributed by atoms with E-state index < -0.39 is 0 Å². The molecular formula is C21H24N4S. The highest BCUT2D eigenvalue weighted by atomic mass is 32.1. The molecule has 3 aromatic rings. The van der Waals surface area contributed by atoms with Gasteiger partial charge in [0, 0.05) is 17.1 Å². The van der Waals surface area contributed by atoms with E-state index in [1.807, 2.05) is 29.8 Å². The van der Waals surface area contributed by atoms with E-state index in [1.165, 1.54) is 22.4 Å². The Balaban J connectivity index is 1.60.